The minimum Gasteiger partial charge on any atom is -0.390 e. The molecule has 0 aromatic carbocycles. The van der Waals surface area contributed by atoms with Gasteiger partial charge in [0.15, 0.2) is 0 Å². The zero-order valence-corrected chi connectivity index (χ0v) is 7.75. The zero-order chi connectivity index (χ0) is 10.6. The maximum Gasteiger partial charge on any atom is 0.434 e. The molecule has 0 aliphatic rings. The number of aliphatic hydroxyl groups excluding tert-OH is 1. The molecule has 0 aliphatic carbocycles. The lowest BCUT2D eigenvalue weighted by atomic mass is 10.3. The molecule has 0 spiro atoms. The molecule has 0 bridgehead atoms. The van der Waals surface area contributed by atoms with Crippen molar-refractivity contribution in [3.63, 3.8) is 0 Å². The Balaban J connectivity index is 2.66. The lowest BCUT2D eigenvalue weighted by Gasteiger charge is -2.08. The number of nitrogens with zero attached hydrogens (tertiary/aromatic N) is 3. The molecular weight excluding hydrogens is 188 g/mol. The summed E-state index contributed by atoms with van der Waals surface area (Å²) in [5.41, 5.74) is 0. The van der Waals surface area contributed by atoms with Crippen LogP contribution in [-0.4, -0.2) is 39.3 Å². The predicted molar refractivity (Wildman–Crippen MR) is 48.8 cm³/mol. The van der Waals surface area contributed by atoms with E-state index < -0.39 is 11.0 Å². The summed E-state index contributed by atoms with van der Waals surface area (Å²) in [4.78, 5) is 13.4. The van der Waals surface area contributed by atoms with Crippen LogP contribution in [-0.2, 0) is 6.54 Å². The second-order valence-electron chi connectivity index (χ2n) is 2.85. The van der Waals surface area contributed by atoms with E-state index in [4.69, 9.17) is 0 Å². The number of nitrogens with one attached hydrogen (secondary N) is 1. The highest BCUT2D eigenvalue weighted by molar-refractivity contribution is 5.06. The maximum absolute atomic E-state index is 10.4. The maximum atomic E-state index is 10.4. The molecule has 0 fully saturated rings. The van der Waals surface area contributed by atoms with E-state index in [1.165, 1.54) is 17.0 Å². The number of aliphatic hydroxyl groups is 1. The molecule has 0 aliphatic heterocycles. The molecule has 0 saturated heterocycles. The van der Waals surface area contributed by atoms with Gasteiger partial charge in [0.2, 0.25) is 0 Å². The van der Waals surface area contributed by atoms with E-state index in [2.05, 4.69) is 10.3 Å². The Morgan fingerprint density at radius 2 is 2.57 bits per heavy atom. The van der Waals surface area contributed by atoms with E-state index in [0.717, 1.165) is 0 Å². The Kier molecular flexibility index (Phi) is 3.55. The second kappa shape index (κ2) is 4.68. The molecule has 78 valence electrons. The molecule has 14 heavy (non-hydrogen) atoms. The number of aromatic nitrogens is 2. The standard InChI is InChI=1S/C7H12N4O3/c1-8-4-6(12)5-10-3-2-9-7(10)11(13)14/h2-3,6,8,12H,4-5H2,1H3. The van der Waals surface area contributed by atoms with Gasteiger partial charge in [-0.15, -0.1) is 0 Å². The van der Waals surface area contributed by atoms with Crippen molar-refractivity contribution < 1.29 is 10.0 Å². The molecule has 1 heterocycles. The van der Waals surface area contributed by atoms with Crippen LogP contribution in [0.4, 0.5) is 5.95 Å². The first-order chi connectivity index (χ1) is 6.65. The summed E-state index contributed by atoms with van der Waals surface area (Å²) < 4.78 is 1.31. The van der Waals surface area contributed by atoms with Crippen molar-refractivity contribution in [1.82, 2.24) is 14.9 Å². The Morgan fingerprint density at radius 1 is 1.86 bits per heavy atom. The number of likely N-dealkylation sites (N-methyl/N-ethyl adjacent to an activating group) is 1. The highest BCUT2D eigenvalue weighted by atomic mass is 16.6. The summed E-state index contributed by atoms with van der Waals surface area (Å²) in [5, 5.41) is 22.6. The number of hydrogen-bond donors (Lipinski definition) is 2. The minimum absolute atomic E-state index is 0.164. The molecule has 2 N–H and O–H groups in total. The fourth-order valence-electron chi connectivity index (χ4n) is 1.14. The quantitative estimate of drug-likeness (QED) is 0.487. The molecule has 0 amide bonds. The van der Waals surface area contributed by atoms with E-state index in [1.54, 1.807) is 7.05 Å². The molecule has 0 saturated carbocycles. The van der Waals surface area contributed by atoms with Gasteiger partial charge in [-0.2, -0.15) is 0 Å². The van der Waals surface area contributed by atoms with Crippen LogP contribution in [0.2, 0.25) is 0 Å². The van der Waals surface area contributed by atoms with Crippen molar-refractivity contribution in [2.24, 2.45) is 0 Å². The van der Waals surface area contributed by atoms with Crippen molar-refractivity contribution in [2.45, 2.75) is 12.6 Å². The van der Waals surface area contributed by atoms with Gasteiger partial charge >= 0.3 is 5.95 Å². The van der Waals surface area contributed by atoms with Crippen molar-refractivity contribution >= 4 is 5.95 Å². The first kappa shape index (κ1) is 10.6. The van der Waals surface area contributed by atoms with Crippen LogP contribution in [0.1, 0.15) is 0 Å². The molecule has 1 aromatic heterocycles. The Hall–Kier alpha value is -1.47. The number of imidazole rings is 1. The summed E-state index contributed by atoms with van der Waals surface area (Å²) in [5.74, 6) is -0.250. The Bertz CT molecular complexity index is 312. The Labute approximate surface area is 80.5 Å². The normalized spacial score (nSPS) is 12.7. The van der Waals surface area contributed by atoms with Gasteiger partial charge in [0, 0.05) is 6.54 Å². The van der Waals surface area contributed by atoms with E-state index >= 15 is 0 Å². The van der Waals surface area contributed by atoms with Gasteiger partial charge in [-0.3, -0.25) is 0 Å². The van der Waals surface area contributed by atoms with Gasteiger partial charge in [-0.25, -0.2) is 4.57 Å². The molecule has 1 aromatic rings. The third-order valence-corrected chi connectivity index (χ3v) is 1.70. The fourth-order valence-corrected chi connectivity index (χ4v) is 1.14. The van der Waals surface area contributed by atoms with Crippen LogP contribution in [0.5, 0.6) is 0 Å². The second-order valence-corrected chi connectivity index (χ2v) is 2.85. The predicted octanol–water partition coefficient (Wildman–Crippen LogP) is -0.628. The molecular formula is C7H12N4O3. The van der Waals surface area contributed by atoms with Gasteiger partial charge in [-0.05, 0) is 12.0 Å². The molecule has 1 atom stereocenters. The molecule has 1 rings (SSSR count). The van der Waals surface area contributed by atoms with Gasteiger partial charge in [0.1, 0.15) is 12.4 Å². The monoisotopic (exact) mass is 200 g/mol. The van der Waals surface area contributed by atoms with Gasteiger partial charge in [-0.1, -0.05) is 4.98 Å². The average Bonchev–Trinajstić information content (AvgIpc) is 2.52. The first-order valence-electron chi connectivity index (χ1n) is 4.13. The van der Waals surface area contributed by atoms with Gasteiger partial charge < -0.3 is 20.5 Å². The summed E-state index contributed by atoms with van der Waals surface area (Å²) in [6, 6.07) is 0. The molecule has 7 nitrogen and oxygen atoms in total. The van der Waals surface area contributed by atoms with Crippen LogP contribution < -0.4 is 5.32 Å². The van der Waals surface area contributed by atoms with Crippen LogP contribution in [0.15, 0.2) is 12.4 Å². The zero-order valence-electron chi connectivity index (χ0n) is 7.75. The lowest BCUT2D eigenvalue weighted by molar-refractivity contribution is -0.397. The van der Waals surface area contributed by atoms with Crippen LogP contribution in [0, 0.1) is 10.1 Å². The average molecular weight is 200 g/mol. The summed E-state index contributed by atoms with van der Waals surface area (Å²) >= 11 is 0. The highest BCUT2D eigenvalue weighted by Gasteiger charge is 2.16. The van der Waals surface area contributed by atoms with Crippen molar-refractivity contribution in [2.75, 3.05) is 13.6 Å². The summed E-state index contributed by atoms with van der Waals surface area (Å²) in [6.45, 7) is 0.548. The molecule has 0 radical (unpaired) electrons. The molecule has 1 unspecified atom stereocenters. The largest absolute Gasteiger partial charge is 0.434 e. The minimum atomic E-state index is -0.659. The van der Waals surface area contributed by atoms with Crippen molar-refractivity contribution in [3.8, 4) is 0 Å². The van der Waals surface area contributed by atoms with Gasteiger partial charge in [0.05, 0.1) is 12.6 Å². The van der Waals surface area contributed by atoms with E-state index in [-0.39, 0.29) is 12.5 Å². The van der Waals surface area contributed by atoms with E-state index in [1.807, 2.05) is 0 Å². The van der Waals surface area contributed by atoms with E-state index in [9.17, 15) is 15.2 Å². The first-order valence-corrected chi connectivity index (χ1v) is 4.13. The summed E-state index contributed by atoms with van der Waals surface area (Å²) in [6.07, 6.45) is 2.15. The van der Waals surface area contributed by atoms with E-state index in [0.29, 0.717) is 6.54 Å². The number of rotatable bonds is 5. The third kappa shape index (κ3) is 2.51. The fraction of sp³-hybridized carbons (Fsp3) is 0.571. The third-order valence-electron chi connectivity index (χ3n) is 1.70. The van der Waals surface area contributed by atoms with Crippen molar-refractivity contribution in [1.29, 1.82) is 0 Å². The highest BCUT2D eigenvalue weighted by Crippen LogP contribution is 2.07. The topological polar surface area (TPSA) is 93.2 Å². The van der Waals surface area contributed by atoms with Crippen LogP contribution in [0.25, 0.3) is 0 Å². The lowest BCUT2D eigenvalue weighted by Crippen LogP contribution is -2.28. The van der Waals surface area contributed by atoms with Crippen LogP contribution in [0.3, 0.4) is 0 Å². The Morgan fingerprint density at radius 3 is 3.14 bits per heavy atom. The van der Waals surface area contributed by atoms with Crippen LogP contribution >= 0.6 is 0 Å². The SMILES string of the molecule is CNCC(O)Cn1ccnc1[N+](=O)[O-]. The van der Waals surface area contributed by atoms with Gasteiger partial charge in [0.25, 0.3) is 0 Å². The smallest absolute Gasteiger partial charge is 0.390 e. The molecule has 7 heteroatoms. The number of hydrogen-bond acceptors (Lipinski definition) is 5. The summed E-state index contributed by atoms with van der Waals surface area (Å²) in [7, 11) is 1.70. The van der Waals surface area contributed by atoms with Crippen molar-refractivity contribution in [3.05, 3.63) is 22.5 Å². The number of nitro groups is 1.